The lowest BCUT2D eigenvalue weighted by atomic mass is 10.0. The van der Waals surface area contributed by atoms with E-state index in [0.29, 0.717) is 17.9 Å². The van der Waals surface area contributed by atoms with Crippen molar-refractivity contribution in [1.82, 2.24) is 0 Å². The molecule has 1 aliphatic heterocycles. The van der Waals surface area contributed by atoms with Gasteiger partial charge in [0.2, 0.25) is 11.8 Å². The molecule has 0 saturated carbocycles. The van der Waals surface area contributed by atoms with E-state index in [-0.39, 0.29) is 30.7 Å². The number of nitrogens with one attached hydrogen (secondary N) is 2. The van der Waals surface area contributed by atoms with E-state index in [1.165, 1.54) is 0 Å². The number of hydrogen-bond acceptors (Lipinski definition) is 4. The van der Waals surface area contributed by atoms with Crippen LogP contribution in [0.2, 0.25) is 0 Å². The first-order valence-electron chi connectivity index (χ1n) is 12.6. The molecule has 0 aliphatic carbocycles. The second kappa shape index (κ2) is 11.3. The third kappa shape index (κ3) is 6.00. The van der Waals surface area contributed by atoms with Gasteiger partial charge < -0.3 is 20.3 Å². The van der Waals surface area contributed by atoms with Crippen LogP contribution in [0, 0.1) is 26.7 Å². The Kier molecular flexibility index (Phi) is 7.92. The zero-order chi connectivity index (χ0) is 26.5. The molecule has 0 aromatic heterocycles. The highest BCUT2D eigenvalue weighted by molar-refractivity contribution is 6.11. The predicted molar refractivity (Wildman–Crippen MR) is 146 cm³/mol. The van der Waals surface area contributed by atoms with Crippen molar-refractivity contribution >= 4 is 34.8 Å². The molecule has 7 heteroatoms. The third-order valence-electron chi connectivity index (χ3n) is 6.46. The molecular weight excluding hydrogens is 466 g/mol. The number of amides is 3. The smallest absolute Gasteiger partial charge is 0.257 e. The first-order valence-corrected chi connectivity index (χ1v) is 12.6. The van der Waals surface area contributed by atoms with Crippen molar-refractivity contribution in [2.45, 2.75) is 40.5 Å². The van der Waals surface area contributed by atoms with Gasteiger partial charge in [0.1, 0.15) is 5.75 Å². The molecular formula is C30H33N3O4. The summed E-state index contributed by atoms with van der Waals surface area (Å²) in [5.41, 5.74) is 5.34. The molecule has 37 heavy (non-hydrogen) atoms. The molecule has 3 amide bonds. The Bertz CT molecular complexity index is 1290. The Morgan fingerprint density at radius 1 is 0.973 bits per heavy atom. The molecule has 7 nitrogen and oxygen atoms in total. The number of benzene rings is 3. The lowest BCUT2D eigenvalue weighted by molar-refractivity contribution is -0.122. The molecule has 1 atom stereocenters. The van der Waals surface area contributed by atoms with Crippen LogP contribution in [0.1, 0.15) is 46.8 Å². The van der Waals surface area contributed by atoms with Crippen LogP contribution in [0.5, 0.6) is 5.75 Å². The van der Waals surface area contributed by atoms with Gasteiger partial charge in [0.05, 0.1) is 23.8 Å². The molecule has 0 radical (unpaired) electrons. The summed E-state index contributed by atoms with van der Waals surface area (Å²) in [5.74, 6) is -0.487. The van der Waals surface area contributed by atoms with Crippen LogP contribution in [0.15, 0.2) is 60.7 Å². The van der Waals surface area contributed by atoms with E-state index < -0.39 is 5.92 Å². The molecule has 4 rings (SSSR count). The summed E-state index contributed by atoms with van der Waals surface area (Å²) in [4.78, 5) is 40.7. The first-order chi connectivity index (χ1) is 17.8. The summed E-state index contributed by atoms with van der Waals surface area (Å²) in [6.07, 6.45) is 1.02. The lowest BCUT2D eigenvalue weighted by Crippen LogP contribution is -2.28. The average molecular weight is 500 g/mol. The van der Waals surface area contributed by atoms with Gasteiger partial charge in [0.25, 0.3) is 5.91 Å². The zero-order valence-electron chi connectivity index (χ0n) is 21.8. The molecule has 2 N–H and O–H groups in total. The molecule has 1 fully saturated rings. The fourth-order valence-corrected chi connectivity index (χ4v) is 4.66. The number of ether oxygens (including phenoxy) is 1. The average Bonchev–Trinajstić information content (AvgIpc) is 3.27. The minimum Gasteiger partial charge on any atom is -0.494 e. The molecule has 3 aromatic rings. The van der Waals surface area contributed by atoms with Crippen LogP contribution in [0.4, 0.5) is 17.1 Å². The topological polar surface area (TPSA) is 87.7 Å². The highest BCUT2D eigenvalue weighted by atomic mass is 16.5. The van der Waals surface area contributed by atoms with Crippen molar-refractivity contribution in [3.63, 3.8) is 0 Å². The SMILES string of the molecule is CCCOc1ccc(N2CC(C(=O)Nc3ccccc3C(=O)Nc3c(C)cc(C)cc3C)CC2=O)cc1. The summed E-state index contributed by atoms with van der Waals surface area (Å²) in [7, 11) is 0. The van der Waals surface area contributed by atoms with Crippen LogP contribution >= 0.6 is 0 Å². The molecule has 0 spiro atoms. The van der Waals surface area contributed by atoms with Gasteiger partial charge in [-0.2, -0.15) is 0 Å². The lowest BCUT2D eigenvalue weighted by Gasteiger charge is -2.18. The Labute approximate surface area is 217 Å². The number of hydrogen-bond donors (Lipinski definition) is 2. The Morgan fingerprint density at radius 2 is 1.65 bits per heavy atom. The fourth-order valence-electron chi connectivity index (χ4n) is 4.66. The van der Waals surface area contributed by atoms with Crippen LogP contribution in [0.25, 0.3) is 0 Å². The summed E-state index contributed by atoms with van der Waals surface area (Å²) < 4.78 is 5.61. The quantitative estimate of drug-likeness (QED) is 0.420. The monoisotopic (exact) mass is 499 g/mol. The van der Waals surface area contributed by atoms with E-state index >= 15 is 0 Å². The Balaban J connectivity index is 1.44. The van der Waals surface area contributed by atoms with Crippen molar-refractivity contribution in [2.75, 3.05) is 28.7 Å². The van der Waals surface area contributed by atoms with Crippen molar-refractivity contribution in [3.05, 3.63) is 82.9 Å². The number of rotatable bonds is 8. The molecule has 1 unspecified atom stereocenters. The van der Waals surface area contributed by atoms with E-state index in [4.69, 9.17) is 4.74 Å². The highest BCUT2D eigenvalue weighted by Gasteiger charge is 2.35. The van der Waals surface area contributed by atoms with Crippen molar-refractivity contribution in [2.24, 2.45) is 5.92 Å². The van der Waals surface area contributed by atoms with Gasteiger partial charge in [-0.1, -0.05) is 36.8 Å². The van der Waals surface area contributed by atoms with E-state index in [9.17, 15) is 14.4 Å². The Hall–Kier alpha value is -4.13. The van der Waals surface area contributed by atoms with E-state index in [1.54, 1.807) is 29.2 Å². The van der Waals surface area contributed by atoms with Gasteiger partial charge in [-0.25, -0.2) is 0 Å². The first kappa shape index (κ1) is 25.9. The van der Waals surface area contributed by atoms with Crippen LogP contribution in [-0.4, -0.2) is 30.9 Å². The maximum atomic E-state index is 13.2. The third-order valence-corrected chi connectivity index (χ3v) is 6.46. The van der Waals surface area contributed by atoms with E-state index in [0.717, 1.165) is 40.2 Å². The molecule has 0 bridgehead atoms. The molecule has 192 valence electrons. The van der Waals surface area contributed by atoms with Crippen molar-refractivity contribution < 1.29 is 19.1 Å². The minimum atomic E-state index is -0.527. The standard InChI is InChI=1S/C30H33N3O4/c1-5-14-37-24-12-10-23(11-13-24)33-18-22(17-27(33)34)29(35)31-26-9-7-6-8-25(26)30(36)32-28-20(3)15-19(2)16-21(28)4/h6-13,15-16,22H,5,14,17-18H2,1-4H3,(H,31,35)(H,32,36). The molecule has 1 heterocycles. The van der Waals surface area contributed by atoms with Gasteiger partial charge in [-0.3, -0.25) is 14.4 Å². The number of carbonyl (C=O) groups excluding carboxylic acids is 3. The van der Waals surface area contributed by atoms with Gasteiger partial charge in [-0.05, 0) is 74.7 Å². The van der Waals surface area contributed by atoms with E-state index in [2.05, 4.69) is 10.6 Å². The maximum Gasteiger partial charge on any atom is 0.257 e. The van der Waals surface area contributed by atoms with E-state index in [1.807, 2.05) is 64.1 Å². The summed E-state index contributed by atoms with van der Waals surface area (Å²) in [6.45, 7) is 8.88. The molecule has 3 aromatic carbocycles. The van der Waals surface area contributed by atoms with Gasteiger partial charge in [-0.15, -0.1) is 0 Å². The molecule has 1 saturated heterocycles. The Morgan fingerprint density at radius 3 is 2.32 bits per heavy atom. The number of para-hydroxylation sites is 1. The van der Waals surface area contributed by atoms with Crippen LogP contribution in [-0.2, 0) is 9.59 Å². The van der Waals surface area contributed by atoms with Gasteiger partial charge >= 0.3 is 0 Å². The minimum absolute atomic E-state index is 0.107. The van der Waals surface area contributed by atoms with Gasteiger partial charge in [0, 0.05) is 24.3 Å². The number of carbonyl (C=O) groups is 3. The normalized spacial score (nSPS) is 15.0. The van der Waals surface area contributed by atoms with Crippen molar-refractivity contribution in [1.29, 1.82) is 0 Å². The zero-order valence-corrected chi connectivity index (χ0v) is 21.8. The predicted octanol–water partition coefficient (Wildman–Crippen LogP) is 5.64. The summed E-state index contributed by atoms with van der Waals surface area (Å²) in [5, 5.41) is 5.88. The number of nitrogens with zero attached hydrogens (tertiary/aromatic N) is 1. The number of anilines is 3. The van der Waals surface area contributed by atoms with Crippen LogP contribution in [0.3, 0.4) is 0 Å². The van der Waals surface area contributed by atoms with Gasteiger partial charge in [0.15, 0.2) is 0 Å². The number of aryl methyl sites for hydroxylation is 3. The van der Waals surface area contributed by atoms with Crippen molar-refractivity contribution in [3.8, 4) is 5.75 Å². The molecule has 1 aliphatic rings. The largest absolute Gasteiger partial charge is 0.494 e. The fraction of sp³-hybridized carbons (Fsp3) is 0.300. The summed E-state index contributed by atoms with van der Waals surface area (Å²) in [6, 6.07) is 18.3. The second-order valence-electron chi connectivity index (χ2n) is 9.51. The maximum absolute atomic E-state index is 13.2. The van der Waals surface area contributed by atoms with Crippen LogP contribution < -0.4 is 20.3 Å². The highest BCUT2D eigenvalue weighted by Crippen LogP contribution is 2.29. The second-order valence-corrected chi connectivity index (χ2v) is 9.51. The summed E-state index contributed by atoms with van der Waals surface area (Å²) >= 11 is 0.